The number of halogens is 1. The number of aromatic nitrogens is 2. The van der Waals surface area contributed by atoms with Crippen LogP contribution >= 0.6 is 11.6 Å². The van der Waals surface area contributed by atoms with Crippen LogP contribution in [-0.2, 0) is 0 Å². The average molecular weight is 348 g/mol. The molecule has 4 rings (SSSR count). The van der Waals surface area contributed by atoms with E-state index in [2.05, 4.69) is 15.3 Å². The van der Waals surface area contributed by atoms with Gasteiger partial charge in [0.25, 0.3) is 5.91 Å². The van der Waals surface area contributed by atoms with Gasteiger partial charge in [0.15, 0.2) is 0 Å². The summed E-state index contributed by atoms with van der Waals surface area (Å²) in [4.78, 5) is 19.7. The van der Waals surface area contributed by atoms with Crippen LogP contribution in [0.5, 0.6) is 0 Å². The quantitative estimate of drug-likeness (QED) is 0.539. The summed E-state index contributed by atoms with van der Waals surface area (Å²) in [7, 11) is 0. The summed E-state index contributed by atoms with van der Waals surface area (Å²) in [6.45, 7) is 0. The lowest BCUT2D eigenvalue weighted by molar-refractivity contribution is 0.102. The van der Waals surface area contributed by atoms with Crippen LogP contribution in [0.3, 0.4) is 0 Å². The van der Waals surface area contributed by atoms with Crippen molar-refractivity contribution in [3.63, 3.8) is 0 Å². The van der Waals surface area contributed by atoms with Crippen molar-refractivity contribution in [2.45, 2.75) is 0 Å². The Morgan fingerprint density at radius 1 is 1.00 bits per heavy atom. The van der Waals surface area contributed by atoms with E-state index in [1.165, 1.54) is 0 Å². The molecule has 0 atom stereocenters. The fourth-order valence-corrected chi connectivity index (χ4v) is 3.01. The van der Waals surface area contributed by atoms with Gasteiger partial charge in [-0.3, -0.25) is 4.79 Å². The van der Waals surface area contributed by atoms with E-state index in [-0.39, 0.29) is 5.91 Å². The smallest absolute Gasteiger partial charge is 0.257 e. The monoisotopic (exact) mass is 347 g/mol. The summed E-state index contributed by atoms with van der Waals surface area (Å²) in [5.41, 5.74) is 4.18. The maximum atomic E-state index is 12.3. The fraction of sp³-hybridized carbons (Fsp3) is 0. The molecule has 0 radical (unpaired) electrons. The molecule has 0 bridgehead atoms. The molecule has 0 saturated carbocycles. The highest BCUT2D eigenvalue weighted by Gasteiger charge is 2.10. The molecule has 0 aliphatic heterocycles. The molecule has 2 N–H and O–H groups in total. The Morgan fingerprint density at radius 2 is 1.80 bits per heavy atom. The Hall–Kier alpha value is -3.11. The van der Waals surface area contributed by atoms with Gasteiger partial charge in [-0.2, -0.15) is 0 Å². The van der Waals surface area contributed by atoms with Gasteiger partial charge in [0, 0.05) is 23.5 Å². The molecule has 25 heavy (non-hydrogen) atoms. The summed E-state index contributed by atoms with van der Waals surface area (Å²) in [6, 6.07) is 18.7. The zero-order chi connectivity index (χ0) is 17.2. The van der Waals surface area contributed by atoms with Gasteiger partial charge in [0.2, 0.25) is 0 Å². The Bertz CT molecular complexity index is 1050. The SMILES string of the molecule is O=C(Nc1ccc(-c2ccnc3[nH]ccc23)cc1)c1ccccc1Cl. The largest absolute Gasteiger partial charge is 0.346 e. The Morgan fingerprint density at radius 3 is 2.60 bits per heavy atom. The van der Waals surface area contributed by atoms with Gasteiger partial charge in [-0.05, 0) is 47.5 Å². The van der Waals surface area contributed by atoms with Gasteiger partial charge < -0.3 is 10.3 Å². The van der Waals surface area contributed by atoms with Gasteiger partial charge in [-0.1, -0.05) is 35.9 Å². The van der Waals surface area contributed by atoms with Crippen molar-refractivity contribution in [2.75, 3.05) is 5.32 Å². The maximum Gasteiger partial charge on any atom is 0.257 e. The number of pyridine rings is 1. The number of hydrogen-bond donors (Lipinski definition) is 2. The Balaban J connectivity index is 1.59. The van der Waals surface area contributed by atoms with Crippen molar-refractivity contribution >= 4 is 34.2 Å². The van der Waals surface area contributed by atoms with E-state index in [4.69, 9.17) is 11.6 Å². The summed E-state index contributed by atoms with van der Waals surface area (Å²) >= 11 is 6.07. The normalized spacial score (nSPS) is 10.8. The molecule has 4 nitrogen and oxygen atoms in total. The minimum atomic E-state index is -0.227. The van der Waals surface area contributed by atoms with Crippen molar-refractivity contribution in [1.29, 1.82) is 0 Å². The number of nitrogens with zero attached hydrogens (tertiary/aromatic N) is 1. The van der Waals surface area contributed by atoms with Crippen LogP contribution in [0.2, 0.25) is 5.02 Å². The lowest BCUT2D eigenvalue weighted by Crippen LogP contribution is -2.12. The van der Waals surface area contributed by atoms with E-state index in [1.807, 2.05) is 42.6 Å². The lowest BCUT2D eigenvalue weighted by atomic mass is 10.0. The van der Waals surface area contributed by atoms with E-state index in [0.29, 0.717) is 16.3 Å². The topological polar surface area (TPSA) is 57.8 Å². The van der Waals surface area contributed by atoms with Crippen LogP contribution in [0.4, 0.5) is 5.69 Å². The number of carbonyl (C=O) groups excluding carboxylic acids is 1. The van der Waals surface area contributed by atoms with Crippen LogP contribution in [0, 0.1) is 0 Å². The highest BCUT2D eigenvalue weighted by atomic mass is 35.5. The second-order valence-corrected chi connectivity index (χ2v) is 6.02. The number of anilines is 1. The second kappa shape index (κ2) is 6.42. The van der Waals surface area contributed by atoms with Crippen LogP contribution in [0.1, 0.15) is 10.4 Å². The number of nitrogens with one attached hydrogen (secondary N) is 2. The number of fused-ring (bicyclic) bond motifs is 1. The maximum absolute atomic E-state index is 12.3. The number of H-pyrrole nitrogens is 1. The molecule has 0 aliphatic rings. The van der Waals surface area contributed by atoms with E-state index in [1.54, 1.807) is 30.5 Å². The molecule has 5 heteroatoms. The molecular formula is C20H14ClN3O. The molecule has 4 aromatic rings. The predicted octanol–water partition coefficient (Wildman–Crippen LogP) is 5.14. The summed E-state index contributed by atoms with van der Waals surface area (Å²) in [5.74, 6) is -0.227. The first-order valence-electron chi connectivity index (χ1n) is 7.81. The highest BCUT2D eigenvalue weighted by molar-refractivity contribution is 6.34. The average Bonchev–Trinajstić information content (AvgIpc) is 3.11. The van der Waals surface area contributed by atoms with E-state index < -0.39 is 0 Å². The van der Waals surface area contributed by atoms with Gasteiger partial charge >= 0.3 is 0 Å². The highest BCUT2D eigenvalue weighted by Crippen LogP contribution is 2.28. The van der Waals surface area contributed by atoms with Crippen molar-refractivity contribution in [3.05, 3.63) is 83.6 Å². The third-order valence-electron chi connectivity index (χ3n) is 4.03. The van der Waals surface area contributed by atoms with Crippen LogP contribution in [0.15, 0.2) is 73.1 Å². The van der Waals surface area contributed by atoms with Gasteiger partial charge in [-0.25, -0.2) is 4.98 Å². The van der Waals surface area contributed by atoms with Crippen LogP contribution in [-0.4, -0.2) is 15.9 Å². The van der Waals surface area contributed by atoms with Crippen molar-refractivity contribution in [3.8, 4) is 11.1 Å². The number of aromatic amines is 1. The molecule has 0 spiro atoms. The first-order valence-corrected chi connectivity index (χ1v) is 8.18. The zero-order valence-corrected chi connectivity index (χ0v) is 13.9. The van der Waals surface area contributed by atoms with Gasteiger partial charge in [0.1, 0.15) is 5.65 Å². The number of carbonyl (C=O) groups is 1. The molecule has 122 valence electrons. The predicted molar refractivity (Wildman–Crippen MR) is 101 cm³/mol. The standard InChI is InChI=1S/C20H14ClN3O/c21-18-4-2-1-3-17(18)20(25)24-14-7-5-13(6-8-14)15-9-11-22-19-16(15)10-12-23-19/h1-12H,(H,22,23)(H,24,25). The number of amides is 1. The second-order valence-electron chi connectivity index (χ2n) is 5.61. The summed E-state index contributed by atoms with van der Waals surface area (Å²) in [5, 5.41) is 4.37. The van der Waals surface area contributed by atoms with Crippen LogP contribution < -0.4 is 5.32 Å². The number of rotatable bonds is 3. The molecule has 0 fully saturated rings. The molecule has 0 saturated heterocycles. The molecule has 0 unspecified atom stereocenters. The first-order chi connectivity index (χ1) is 12.2. The number of benzene rings is 2. The molecule has 0 aliphatic carbocycles. The third kappa shape index (κ3) is 2.99. The summed E-state index contributed by atoms with van der Waals surface area (Å²) in [6.07, 6.45) is 3.65. The van der Waals surface area contributed by atoms with Crippen molar-refractivity contribution in [2.24, 2.45) is 0 Å². The molecule has 2 heterocycles. The Labute approximate surface area is 149 Å². The molecule has 2 aromatic carbocycles. The van der Waals surface area contributed by atoms with Crippen LogP contribution in [0.25, 0.3) is 22.2 Å². The van der Waals surface area contributed by atoms with Gasteiger partial charge in [0.05, 0.1) is 10.6 Å². The van der Waals surface area contributed by atoms with E-state index in [0.717, 1.165) is 22.2 Å². The Kier molecular flexibility index (Phi) is 3.96. The van der Waals surface area contributed by atoms with E-state index in [9.17, 15) is 4.79 Å². The van der Waals surface area contributed by atoms with Crippen molar-refractivity contribution < 1.29 is 4.79 Å². The lowest BCUT2D eigenvalue weighted by Gasteiger charge is -2.08. The van der Waals surface area contributed by atoms with Crippen molar-refractivity contribution in [1.82, 2.24) is 9.97 Å². The summed E-state index contributed by atoms with van der Waals surface area (Å²) < 4.78 is 0. The number of hydrogen-bond acceptors (Lipinski definition) is 2. The van der Waals surface area contributed by atoms with E-state index >= 15 is 0 Å². The molecule has 2 aromatic heterocycles. The minimum Gasteiger partial charge on any atom is -0.346 e. The molecular weight excluding hydrogens is 334 g/mol. The minimum absolute atomic E-state index is 0.227. The first kappa shape index (κ1) is 15.4. The fourth-order valence-electron chi connectivity index (χ4n) is 2.79. The molecule has 1 amide bonds. The zero-order valence-electron chi connectivity index (χ0n) is 13.2. The third-order valence-corrected chi connectivity index (χ3v) is 4.36. The van der Waals surface area contributed by atoms with Gasteiger partial charge in [-0.15, -0.1) is 0 Å².